The van der Waals surface area contributed by atoms with Gasteiger partial charge in [-0.15, -0.1) is 0 Å². The Kier molecular flexibility index (Phi) is 4.00. The molecule has 100 valence electrons. The maximum absolute atomic E-state index is 12.8. The lowest BCUT2D eigenvalue weighted by Gasteiger charge is -2.13. The zero-order valence-corrected chi connectivity index (χ0v) is 10.6. The quantitative estimate of drug-likeness (QED) is 0.839. The molecule has 0 spiro atoms. The Balaban J connectivity index is 2.14. The number of alkyl halides is 3. The van der Waals surface area contributed by atoms with Gasteiger partial charge in [-0.1, -0.05) is 29.8 Å². The van der Waals surface area contributed by atoms with Gasteiger partial charge in [-0.05, 0) is 35.9 Å². The third-order valence-corrected chi connectivity index (χ3v) is 2.90. The summed E-state index contributed by atoms with van der Waals surface area (Å²) < 4.78 is 38.3. The van der Waals surface area contributed by atoms with Gasteiger partial charge in [0.05, 0.1) is 5.56 Å². The number of nitrogens with one attached hydrogen (secondary N) is 1. The molecule has 0 aliphatic carbocycles. The minimum absolute atomic E-state index is 0.108. The van der Waals surface area contributed by atoms with Crippen molar-refractivity contribution in [3.63, 3.8) is 0 Å². The maximum Gasteiger partial charge on any atom is 0.416 e. The minimum atomic E-state index is -4.34. The zero-order valence-electron chi connectivity index (χ0n) is 9.84. The lowest BCUT2D eigenvalue weighted by atomic mass is 10.1. The van der Waals surface area contributed by atoms with Gasteiger partial charge < -0.3 is 5.32 Å². The first-order chi connectivity index (χ1) is 8.97. The first-order valence-electron chi connectivity index (χ1n) is 5.61. The summed E-state index contributed by atoms with van der Waals surface area (Å²) in [6.45, 7) is 0.108. The topological polar surface area (TPSA) is 12.0 Å². The Morgan fingerprint density at radius 1 is 0.947 bits per heavy atom. The molecule has 2 aromatic carbocycles. The van der Waals surface area contributed by atoms with Crippen molar-refractivity contribution in [3.05, 3.63) is 64.7 Å². The van der Waals surface area contributed by atoms with Crippen molar-refractivity contribution >= 4 is 17.3 Å². The molecule has 0 fully saturated rings. The van der Waals surface area contributed by atoms with E-state index < -0.39 is 11.7 Å². The third-order valence-electron chi connectivity index (χ3n) is 2.65. The van der Waals surface area contributed by atoms with Gasteiger partial charge in [-0.3, -0.25) is 0 Å². The Morgan fingerprint density at radius 2 is 1.58 bits per heavy atom. The Morgan fingerprint density at radius 3 is 2.21 bits per heavy atom. The van der Waals surface area contributed by atoms with Gasteiger partial charge in [-0.2, -0.15) is 13.2 Å². The van der Waals surface area contributed by atoms with Crippen LogP contribution in [0.2, 0.25) is 5.02 Å². The summed E-state index contributed by atoms with van der Waals surface area (Å²) in [4.78, 5) is 0. The van der Waals surface area contributed by atoms with Crippen LogP contribution in [0.15, 0.2) is 48.5 Å². The van der Waals surface area contributed by atoms with E-state index in [4.69, 9.17) is 11.6 Å². The standard InChI is InChI=1S/C14H11ClF3N/c15-11-5-7-12(8-6-11)19-9-10-3-1-2-4-13(10)14(16,17)18/h1-8,19H,9H2. The van der Waals surface area contributed by atoms with Gasteiger partial charge in [0.15, 0.2) is 0 Å². The maximum atomic E-state index is 12.8. The Hall–Kier alpha value is -1.68. The molecule has 19 heavy (non-hydrogen) atoms. The summed E-state index contributed by atoms with van der Waals surface area (Å²) in [6, 6.07) is 12.3. The smallest absolute Gasteiger partial charge is 0.381 e. The average molecular weight is 286 g/mol. The molecule has 0 radical (unpaired) electrons. The van der Waals surface area contributed by atoms with Crippen LogP contribution in [0.5, 0.6) is 0 Å². The van der Waals surface area contributed by atoms with Crippen molar-refractivity contribution in [3.8, 4) is 0 Å². The number of benzene rings is 2. The van der Waals surface area contributed by atoms with E-state index in [0.717, 1.165) is 11.8 Å². The first-order valence-corrected chi connectivity index (χ1v) is 5.99. The lowest BCUT2D eigenvalue weighted by molar-refractivity contribution is -0.138. The summed E-state index contributed by atoms with van der Waals surface area (Å²) in [5.74, 6) is 0. The molecule has 0 aliphatic heterocycles. The number of hydrogen-bond donors (Lipinski definition) is 1. The molecule has 5 heteroatoms. The summed E-state index contributed by atoms with van der Waals surface area (Å²) in [7, 11) is 0. The van der Waals surface area contributed by atoms with Crippen LogP contribution in [0, 0.1) is 0 Å². The van der Waals surface area contributed by atoms with Crippen molar-refractivity contribution in [2.24, 2.45) is 0 Å². The molecule has 1 N–H and O–H groups in total. The lowest BCUT2D eigenvalue weighted by Crippen LogP contribution is -2.11. The molecule has 0 saturated heterocycles. The molecule has 0 saturated carbocycles. The second-order valence-corrected chi connectivity index (χ2v) is 4.45. The van der Waals surface area contributed by atoms with Crippen molar-refractivity contribution in [2.45, 2.75) is 12.7 Å². The molecule has 1 nitrogen and oxygen atoms in total. The van der Waals surface area contributed by atoms with E-state index in [2.05, 4.69) is 5.32 Å². The van der Waals surface area contributed by atoms with Crippen LogP contribution < -0.4 is 5.32 Å². The summed E-state index contributed by atoms with van der Waals surface area (Å²) >= 11 is 5.74. The Bertz CT molecular complexity index is 549. The largest absolute Gasteiger partial charge is 0.416 e. The molecule has 0 bridgehead atoms. The second-order valence-electron chi connectivity index (χ2n) is 4.02. The SMILES string of the molecule is FC(F)(F)c1ccccc1CNc1ccc(Cl)cc1. The summed E-state index contributed by atoms with van der Waals surface area (Å²) in [5.41, 5.74) is 0.322. The van der Waals surface area contributed by atoms with Gasteiger partial charge in [0, 0.05) is 17.3 Å². The van der Waals surface area contributed by atoms with Crippen LogP contribution in [0.4, 0.5) is 18.9 Å². The first kappa shape index (κ1) is 13.7. The van der Waals surface area contributed by atoms with E-state index in [0.29, 0.717) is 5.02 Å². The van der Waals surface area contributed by atoms with Crippen molar-refractivity contribution in [1.82, 2.24) is 0 Å². The number of anilines is 1. The van der Waals surface area contributed by atoms with Crippen LogP contribution in [0.3, 0.4) is 0 Å². The molecular weight excluding hydrogens is 275 g/mol. The van der Waals surface area contributed by atoms with Crippen LogP contribution >= 0.6 is 11.6 Å². The fraction of sp³-hybridized carbons (Fsp3) is 0.143. The molecule has 0 heterocycles. The van der Waals surface area contributed by atoms with Crippen molar-refractivity contribution in [2.75, 3.05) is 5.32 Å². The van der Waals surface area contributed by atoms with Crippen molar-refractivity contribution < 1.29 is 13.2 Å². The molecule has 0 atom stereocenters. The molecule has 0 amide bonds. The molecule has 2 aromatic rings. The molecular formula is C14H11ClF3N. The highest BCUT2D eigenvalue weighted by Gasteiger charge is 2.32. The van der Waals surface area contributed by atoms with Gasteiger partial charge in [0.25, 0.3) is 0 Å². The van der Waals surface area contributed by atoms with Crippen LogP contribution in [-0.4, -0.2) is 0 Å². The summed E-state index contributed by atoms with van der Waals surface area (Å²) in [5, 5.41) is 3.53. The van der Waals surface area contributed by atoms with Gasteiger partial charge in [0.1, 0.15) is 0 Å². The zero-order chi connectivity index (χ0) is 13.9. The molecule has 2 rings (SSSR count). The molecule has 0 unspecified atom stereocenters. The highest BCUT2D eigenvalue weighted by Crippen LogP contribution is 2.32. The van der Waals surface area contributed by atoms with Crippen molar-refractivity contribution in [1.29, 1.82) is 0 Å². The number of halogens is 4. The fourth-order valence-electron chi connectivity index (χ4n) is 1.72. The normalized spacial score (nSPS) is 11.4. The van der Waals surface area contributed by atoms with E-state index in [9.17, 15) is 13.2 Å². The van der Waals surface area contributed by atoms with E-state index in [1.807, 2.05) is 0 Å². The molecule has 0 aliphatic rings. The van der Waals surface area contributed by atoms with Crippen LogP contribution in [-0.2, 0) is 12.7 Å². The van der Waals surface area contributed by atoms with E-state index >= 15 is 0 Å². The monoisotopic (exact) mass is 285 g/mol. The molecule has 0 aromatic heterocycles. The highest BCUT2D eigenvalue weighted by atomic mass is 35.5. The number of hydrogen-bond acceptors (Lipinski definition) is 1. The minimum Gasteiger partial charge on any atom is -0.381 e. The summed E-state index contributed by atoms with van der Waals surface area (Å²) in [6.07, 6.45) is -4.34. The van der Waals surface area contributed by atoms with Crippen LogP contribution in [0.1, 0.15) is 11.1 Å². The second kappa shape index (κ2) is 5.53. The number of rotatable bonds is 3. The van der Waals surface area contributed by atoms with Crippen LogP contribution in [0.25, 0.3) is 0 Å². The predicted octanol–water partition coefficient (Wildman–Crippen LogP) is 4.97. The highest BCUT2D eigenvalue weighted by molar-refractivity contribution is 6.30. The predicted molar refractivity (Wildman–Crippen MR) is 70.2 cm³/mol. The van der Waals surface area contributed by atoms with Gasteiger partial charge in [0.2, 0.25) is 0 Å². The van der Waals surface area contributed by atoms with E-state index in [-0.39, 0.29) is 12.1 Å². The Labute approximate surface area is 114 Å². The third kappa shape index (κ3) is 3.64. The van der Waals surface area contributed by atoms with Gasteiger partial charge in [-0.25, -0.2) is 0 Å². The van der Waals surface area contributed by atoms with E-state index in [1.54, 1.807) is 30.3 Å². The van der Waals surface area contributed by atoms with E-state index in [1.165, 1.54) is 12.1 Å². The average Bonchev–Trinajstić information content (AvgIpc) is 2.37. The van der Waals surface area contributed by atoms with Gasteiger partial charge >= 0.3 is 6.18 Å². The fourth-order valence-corrected chi connectivity index (χ4v) is 1.84.